The van der Waals surface area contributed by atoms with Crippen LogP contribution in [0.3, 0.4) is 0 Å². The van der Waals surface area contributed by atoms with Crippen molar-refractivity contribution in [2.75, 3.05) is 45.1 Å². The van der Waals surface area contributed by atoms with E-state index in [0.29, 0.717) is 5.92 Å². The molecule has 2 aromatic rings. The Kier molecular flexibility index (Phi) is 6.81. The zero-order valence-electron chi connectivity index (χ0n) is 18.6. The van der Waals surface area contributed by atoms with E-state index in [4.69, 9.17) is 4.74 Å². The fourth-order valence-corrected chi connectivity index (χ4v) is 4.05. The molecule has 2 atom stereocenters. The maximum Gasteiger partial charge on any atom is 0.103 e. The first-order chi connectivity index (χ1) is 13.9. The molecule has 0 radical (unpaired) electrons. The number of methoxy groups -OCH3 is 1. The number of nitrogens with zero attached hydrogens (tertiary/aromatic N) is 2. The monoisotopic (exact) mass is 390 g/mol. The van der Waals surface area contributed by atoms with Crippen molar-refractivity contribution in [1.82, 2.24) is 0 Å². The molecule has 0 aliphatic heterocycles. The Morgan fingerprint density at radius 1 is 0.862 bits per heavy atom. The van der Waals surface area contributed by atoms with Crippen molar-refractivity contribution in [2.45, 2.75) is 25.9 Å². The Balaban J connectivity index is 1.87. The molecule has 0 aromatic heterocycles. The third-order valence-electron chi connectivity index (χ3n) is 5.59. The first kappa shape index (κ1) is 21.2. The van der Waals surface area contributed by atoms with Crippen LogP contribution in [0.4, 0.5) is 11.4 Å². The molecule has 0 amide bonds. The van der Waals surface area contributed by atoms with Crippen molar-refractivity contribution in [1.29, 1.82) is 0 Å². The lowest BCUT2D eigenvalue weighted by Crippen LogP contribution is -2.14. The van der Waals surface area contributed by atoms with Crippen molar-refractivity contribution in [3.63, 3.8) is 0 Å². The van der Waals surface area contributed by atoms with Gasteiger partial charge in [0, 0.05) is 46.7 Å². The summed E-state index contributed by atoms with van der Waals surface area (Å²) in [5.74, 6) is 0.612. The largest absolute Gasteiger partial charge is 0.378 e. The molecule has 0 bridgehead atoms. The van der Waals surface area contributed by atoms with E-state index < -0.39 is 0 Å². The van der Waals surface area contributed by atoms with Gasteiger partial charge in [0.15, 0.2) is 0 Å². The summed E-state index contributed by atoms with van der Waals surface area (Å²) in [4.78, 5) is 4.25. The van der Waals surface area contributed by atoms with Crippen LogP contribution >= 0.6 is 0 Å². The molecule has 1 aliphatic rings. The van der Waals surface area contributed by atoms with Gasteiger partial charge in [-0.05, 0) is 65.3 Å². The second kappa shape index (κ2) is 9.32. The van der Waals surface area contributed by atoms with Crippen molar-refractivity contribution in [3.8, 4) is 0 Å². The predicted octanol–water partition coefficient (Wildman–Crippen LogP) is 5.95. The number of allylic oxidation sites excluding steroid dienone is 2. The third-order valence-corrected chi connectivity index (χ3v) is 5.59. The summed E-state index contributed by atoms with van der Waals surface area (Å²) in [6.07, 6.45) is 6.86. The molecule has 0 heterocycles. The lowest BCUT2D eigenvalue weighted by molar-refractivity contribution is 0.127. The van der Waals surface area contributed by atoms with E-state index in [0.717, 1.165) is 12.8 Å². The number of hydrogen-bond donors (Lipinski definition) is 0. The molecule has 2 unspecified atom stereocenters. The van der Waals surface area contributed by atoms with E-state index in [1.54, 1.807) is 0 Å². The van der Waals surface area contributed by atoms with Crippen LogP contribution in [0.15, 0.2) is 65.8 Å². The zero-order valence-corrected chi connectivity index (χ0v) is 18.6. The molecule has 0 fully saturated rings. The van der Waals surface area contributed by atoms with Crippen LogP contribution < -0.4 is 9.80 Å². The molecule has 3 rings (SSSR count). The van der Waals surface area contributed by atoms with Gasteiger partial charge in [-0.2, -0.15) is 0 Å². The summed E-state index contributed by atoms with van der Waals surface area (Å²) < 4.78 is 5.95. The fraction of sp³-hybridized carbons (Fsp3) is 0.385. The van der Waals surface area contributed by atoms with E-state index in [1.165, 1.54) is 33.6 Å². The van der Waals surface area contributed by atoms with Crippen LogP contribution in [0.25, 0.3) is 6.08 Å². The predicted molar refractivity (Wildman–Crippen MR) is 126 cm³/mol. The first-order valence-corrected chi connectivity index (χ1v) is 10.4. The van der Waals surface area contributed by atoms with Crippen LogP contribution in [0, 0.1) is 5.92 Å². The van der Waals surface area contributed by atoms with Gasteiger partial charge in [-0.15, -0.1) is 0 Å². The number of benzene rings is 2. The average Bonchev–Trinajstić information content (AvgIpc) is 2.69. The Labute approximate surface area is 176 Å². The van der Waals surface area contributed by atoms with Crippen molar-refractivity contribution in [3.05, 3.63) is 76.9 Å². The van der Waals surface area contributed by atoms with Gasteiger partial charge < -0.3 is 14.5 Å². The van der Waals surface area contributed by atoms with E-state index in [1.807, 2.05) is 7.11 Å². The highest BCUT2D eigenvalue weighted by Gasteiger charge is 2.23. The minimum Gasteiger partial charge on any atom is -0.378 e. The minimum absolute atomic E-state index is 0.00785. The maximum absolute atomic E-state index is 5.95. The number of anilines is 2. The lowest BCUT2D eigenvalue weighted by atomic mass is 9.82. The second-order valence-corrected chi connectivity index (χ2v) is 8.54. The number of hydrogen-bond acceptors (Lipinski definition) is 3. The van der Waals surface area contributed by atoms with Gasteiger partial charge in [-0.3, -0.25) is 0 Å². The van der Waals surface area contributed by atoms with Gasteiger partial charge in [-0.25, -0.2) is 0 Å². The van der Waals surface area contributed by atoms with Crippen LogP contribution in [0.1, 0.15) is 37.0 Å². The topological polar surface area (TPSA) is 15.7 Å². The minimum atomic E-state index is 0.00785. The van der Waals surface area contributed by atoms with E-state index in [9.17, 15) is 0 Å². The summed E-state index contributed by atoms with van der Waals surface area (Å²) in [5.41, 5.74) is 7.63. The van der Waals surface area contributed by atoms with Crippen molar-refractivity contribution < 1.29 is 4.74 Å². The summed E-state index contributed by atoms with van der Waals surface area (Å²) in [6, 6.07) is 17.4. The number of rotatable bonds is 6. The molecule has 0 saturated heterocycles. The molecular formula is C26H34N2O. The standard InChI is InChI=1S/C26H34N2O/c1-19-15-21(17-20-7-11-24(12-8-20)27(2)3)18-23(16-19)26(29-6)22-9-13-25(14-10-22)28(4)5/h7-14,17-19,26H,15-16H2,1-6H3. The molecule has 2 aromatic carbocycles. The van der Waals surface area contributed by atoms with Crippen LogP contribution in [0.5, 0.6) is 0 Å². The second-order valence-electron chi connectivity index (χ2n) is 8.54. The van der Waals surface area contributed by atoms with Gasteiger partial charge >= 0.3 is 0 Å². The molecule has 0 saturated carbocycles. The molecule has 1 aliphatic carbocycles. The van der Waals surface area contributed by atoms with Crippen LogP contribution in [-0.4, -0.2) is 35.3 Å². The highest BCUT2D eigenvalue weighted by molar-refractivity contribution is 5.60. The summed E-state index contributed by atoms with van der Waals surface area (Å²) >= 11 is 0. The van der Waals surface area contributed by atoms with Crippen LogP contribution in [0.2, 0.25) is 0 Å². The van der Waals surface area contributed by atoms with Gasteiger partial charge in [-0.1, -0.05) is 43.3 Å². The van der Waals surface area contributed by atoms with Gasteiger partial charge in [0.05, 0.1) is 0 Å². The molecule has 3 heteroatoms. The highest BCUT2D eigenvalue weighted by Crippen LogP contribution is 2.37. The van der Waals surface area contributed by atoms with E-state index in [2.05, 4.69) is 106 Å². The molecule has 3 nitrogen and oxygen atoms in total. The Hall–Kier alpha value is -2.52. The molecule has 0 spiro atoms. The van der Waals surface area contributed by atoms with E-state index >= 15 is 0 Å². The van der Waals surface area contributed by atoms with Gasteiger partial charge in [0.1, 0.15) is 6.10 Å². The maximum atomic E-state index is 5.95. The molecule has 0 N–H and O–H groups in total. The summed E-state index contributed by atoms with van der Waals surface area (Å²) in [7, 11) is 10.1. The smallest absolute Gasteiger partial charge is 0.103 e. The summed E-state index contributed by atoms with van der Waals surface area (Å²) in [5, 5.41) is 0. The molecule has 29 heavy (non-hydrogen) atoms. The number of ether oxygens (including phenoxy) is 1. The fourth-order valence-electron chi connectivity index (χ4n) is 4.05. The normalized spacial score (nSPS) is 19.0. The van der Waals surface area contributed by atoms with Crippen molar-refractivity contribution in [2.24, 2.45) is 5.92 Å². The van der Waals surface area contributed by atoms with Gasteiger partial charge in [0.25, 0.3) is 0 Å². The molecule has 154 valence electrons. The Morgan fingerprint density at radius 3 is 1.93 bits per heavy atom. The first-order valence-electron chi connectivity index (χ1n) is 10.4. The highest BCUT2D eigenvalue weighted by atomic mass is 16.5. The SMILES string of the molecule is COC(C1=CC(=Cc2ccc(N(C)C)cc2)CC(C)C1)c1ccc(N(C)C)cc1. The third kappa shape index (κ3) is 5.30. The zero-order chi connectivity index (χ0) is 21.0. The summed E-state index contributed by atoms with van der Waals surface area (Å²) in [6.45, 7) is 2.33. The van der Waals surface area contributed by atoms with Gasteiger partial charge in [0.2, 0.25) is 0 Å². The van der Waals surface area contributed by atoms with Crippen LogP contribution in [-0.2, 0) is 4.74 Å². The average molecular weight is 391 g/mol. The quantitative estimate of drug-likeness (QED) is 0.606. The Morgan fingerprint density at radius 2 is 1.41 bits per heavy atom. The lowest BCUT2D eigenvalue weighted by Gasteiger charge is -2.27. The molecular weight excluding hydrogens is 356 g/mol. The van der Waals surface area contributed by atoms with E-state index in [-0.39, 0.29) is 6.10 Å². The Bertz CT molecular complexity index is 861. The van der Waals surface area contributed by atoms with Crippen molar-refractivity contribution >= 4 is 17.5 Å².